The van der Waals surface area contributed by atoms with Crippen LogP contribution in [-0.4, -0.2) is 61.5 Å². The average molecular weight is 570 g/mol. The highest BCUT2D eigenvalue weighted by atomic mass is 32.2. The number of carbonyl (C=O) groups excluding carboxylic acids is 2. The number of ether oxygens (including phenoxy) is 4. The Bertz CT molecular complexity index is 1520. The summed E-state index contributed by atoms with van der Waals surface area (Å²) in [4.78, 5) is 27.7. The van der Waals surface area contributed by atoms with Crippen molar-refractivity contribution < 1.29 is 32.9 Å². The van der Waals surface area contributed by atoms with Crippen LogP contribution in [0.25, 0.3) is 0 Å². The summed E-state index contributed by atoms with van der Waals surface area (Å²) in [5.41, 5.74) is 3.02. The molecule has 4 heterocycles. The molecule has 0 bridgehead atoms. The second-order valence-corrected chi connectivity index (χ2v) is 10.5. The van der Waals surface area contributed by atoms with Gasteiger partial charge in [-0.3, -0.25) is 14.5 Å². The maximum absolute atomic E-state index is 15.2. The molecule has 12 heteroatoms. The van der Waals surface area contributed by atoms with Crippen molar-refractivity contribution in [3.63, 3.8) is 0 Å². The van der Waals surface area contributed by atoms with Crippen molar-refractivity contribution >= 4 is 36.0 Å². The van der Waals surface area contributed by atoms with E-state index in [4.69, 9.17) is 26.4 Å². The molecule has 3 aliphatic heterocycles. The summed E-state index contributed by atoms with van der Waals surface area (Å²) in [6.07, 6.45) is 0.303. The van der Waals surface area contributed by atoms with Gasteiger partial charge in [0.1, 0.15) is 12.0 Å². The van der Waals surface area contributed by atoms with Crippen LogP contribution in [0.5, 0.6) is 5.75 Å². The molecule has 6 rings (SSSR count). The maximum Gasteiger partial charge on any atom is 0.510 e. The minimum atomic E-state index is -0.925. The summed E-state index contributed by atoms with van der Waals surface area (Å²) in [5.74, 6) is 0.109. The van der Waals surface area contributed by atoms with Gasteiger partial charge >= 0.3 is 6.16 Å². The van der Waals surface area contributed by atoms with Crippen LogP contribution >= 0.6 is 24.0 Å². The molecule has 9 nitrogen and oxygen atoms in total. The number of hydrogen-bond acceptors (Lipinski definition) is 9. The predicted molar refractivity (Wildman–Crippen MR) is 142 cm³/mol. The summed E-state index contributed by atoms with van der Waals surface area (Å²) in [6, 6.07) is 14.3. The Balaban J connectivity index is 1.57. The van der Waals surface area contributed by atoms with Gasteiger partial charge in [-0.05, 0) is 28.8 Å². The molecule has 3 aliphatic rings. The first-order valence-electron chi connectivity index (χ1n) is 12.2. The van der Waals surface area contributed by atoms with Crippen molar-refractivity contribution in [3.8, 4) is 5.75 Å². The minimum Gasteiger partial charge on any atom is -0.453 e. The van der Waals surface area contributed by atoms with Gasteiger partial charge in [0, 0.05) is 23.4 Å². The molecule has 0 N–H and O–H groups in total. The lowest BCUT2D eigenvalue weighted by Crippen LogP contribution is -2.66. The minimum absolute atomic E-state index is 0.104. The lowest BCUT2D eigenvalue weighted by atomic mass is 9.93. The van der Waals surface area contributed by atoms with E-state index >= 15 is 4.39 Å². The Morgan fingerprint density at radius 2 is 2.00 bits per heavy atom. The van der Waals surface area contributed by atoms with Crippen LogP contribution < -0.4 is 9.75 Å². The molecule has 0 saturated carbocycles. The number of aromatic nitrogens is 1. The first kappa shape index (κ1) is 25.7. The zero-order valence-electron chi connectivity index (χ0n) is 20.9. The number of fused-ring (bicyclic) bond motifs is 4. The Labute approximate surface area is 233 Å². The van der Waals surface area contributed by atoms with Crippen LogP contribution in [-0.2, 0) is 20.0 Å². The van der Waals surface area contributed by atoms with Gasteiger partial charge in [0.2, 0.25) is 6.79 Å². The second-order valence-electron chi connectivity index (χ2n) is 9.05. The molecule has 0 spiro atoms. The number of carbonyl (C=O) groups is 2. The molecule has 2 atom stereocenters. The van der Waals surface area contributed by atoms with E-state index in [1.807, 2.05) is 35.3 Å². The van der Waals surface area contributed by atoms with Crippen LogP contribution in [0.15, 0.2) is 59.6 Å². The van der Waals surface area contributed by atoms with Crippen molar-refractivity contribution in [1.29, 1.82) is 0 Å². The largest absolute Gasteiger partial charge is 0.510 e. The van der Waals surface area contributed by atoms with Gasteiger partial charge in [-0.1, -0.05) is 48.6 Å². The summed E-state index contributed by atoms with van der Waals surface area (Å²) >= 11 is 6.98. The van der Waals surface area contributed by atoms with E-state index in [9.17, 15) is 9.59 Å². The summed E-state index contributed by atoms with van der Waals surface area (Å²) in [5, 5.41) is 2.03. The van der Waals surface area contributed by atoms with Crippen molar-refractivity contribution in [3.05, 3.63) is 87.4 Å². The number of methoxy groups -OCH3 is 1. The van der Waals surface area contributed by atoms with Gasteiger partial charge in [0.15, 0.2) is 11.4 Å². The fraction of sp³-hybridized carbons (Fsp3) is 0.296. The molecule has 1 saturated heterocycles. The summed E-state index contributed by atoms with van der Waals surface area (Å²) < 4.78 is 38.3. The van der Waals surface area contributed by atoms with Gasteiger partial charge in [-0.2, -0.15) is 0 Å². The van der Waals surface area contributed by atoms with Crippen molar-refractivity contribution in [2.75, 3.05) is 38.7 Å². The van der Waals surface area contributed by atoms with E-state index in [1.54, 1.807) is 27.9 Å². The molecule has 3 aromatic rings. The quantitative estimate of drug-likeness (QED) is 0.254. The third-order valence-electron chi connectivity index (χ3n) is 6.98. The maximum atomic E-state index is 15.2. The second kappa shape index (κ2) is 10.5. The fourth-order valence-electron chi connectivity index (χ4n) is 5.28. The van der Waals surface area contributed by atoms with E-state index in [0.29, 0.717) is 23.8 Å². The Hall–Kier alpha value is -3.61. The number of hydrogen-bond donors (Lipinski definition) is 0. The van der Waals surface area contributed by atoms with Crippen LogP contribution in [0, 0.1) is 10.3 Å². The fourth-order valence-corrected chi connectivity index (χ4v) is 6.61. The molecular formula is C27H24FN3O6S2. The number of rotatable bonds is 4. The molecule has 2 aromatic carbocycles. The van der Waals surface area contributed by atoms with Crippen LogP contribution in [0.4, 0.5) is 9.18 Å². The van der Waals surface area contributed by atoms with E-state index in [2.05, 4.69) is 4.74 Å². The van der Waals surface area contributed by atoms with E-state index in [0.717, 1.165) is 16.7 Å². The predicted octanol–water partition coefficient (Wildman–Crippen LogP) is 4.62. The standard InChI is InChI=1S/C27H24FN3O6S2/c1-34-27(33)37-15-36-24-20(38)9-10-30-23(24)26(32)29-11-12-35-13-21(29)31(30)22-17-6-3-2-5-16(17)14-39-25-18(22)7-4-8-19(25)28/h2-10,21-22H,11-15H2,1H3/t21-,22+/m1/s1. The number of morpholine rings is 1. The number of halogens is 1. The number of thioether (sulfide) groups is 1. The number of nitrogens with zero attached hydrogens (tertiary/aromatic N) is 3. The summed E-state index contributed by atoms with van der Waals surface area (Å²) in [7, 11) is 1.19. The smallest absolute Gasteiger partial charge is 0.453 e. The van der Waals surface area contributed by atoms with Gasteiger partial charge in [-0.25, -0.2) is 9.18 Å². The monoisotopic (exact) mass is 569 g/mol. The van der Waals surface area contributed by atoms with Crippen LogP contribution in [0.2, 0.25) is 0 Å². The van der Waals surface area contributed by atoms with Crippen molar-refractivity contribution in [2.45, 2.75) is 22.9 Å². The third-order valence-corrected chi connectivity index (χ3v) is 8.48. The van der Waals surface area contributed by atoms with Crippen molar-refractivity contribution in [2.24, 2.45) is 0 Å². The van der Waals surface area contributed by atoms with Gasteiger partial charge in [0.25, 0.3) is 5.91 Å². The normalized spacial score (nSPS) is 19.7. The molecule has 0 aliphatic carbocycles. The Morgan fingerprint density at radius 3 is 2.85 bits per heavy atom. The molecule has 39 heavy (non-hydrogen) atoms. The van der Waals surface area contributed by atoms with E-state index < -0.39 is 25.2 Å². The van der Waals surface area contributed by atoms with Gasteiger partial charge < -0.3 is 23.8 Å². The number of amides is 1. The lowest BCUT2D eigenvalue weighted by molar-refractivity contribution is -0.0208. The van der Waals surface area contributed by atoms with Gasteiger partial charge in [-0.15, -0.1) is 11.8 Å². The number of benzene rings is 2. The molecule has 1 aromatic heterocycles. The highest BCUT2D eigenvalue weighted by Crippen LogP contribution is 2.45. The highest BCUT2D eigenvalue weighted by molar-refractivity contribution is 7.98. The van der Waals surface area contributed by atoms with Crippen molar-refractivity contribution in [1.82, 2.24) is 9.58 Å². The molecule has 0 radical (unpaired) electrons. The molecule has 0 unspecified atom stereocenters. The SMILES string of the molecule is COC(=O)OCOc1c2n(ccc1=S)N([C@H]1c3ccccc3CSc3c(F)cccc31)[C@@H]1COCCN1C2=O. The molecule has 1 amide bonds. The van der Waals surface area contributed by atoms with E-state index in [1.165, 1.54) is 24.9 Å². The third kappa shape index (κ3) is 4.42. The topological polar surface area (TPSA) is 82.5 Å². The van der Waals surface area contributed by atoms with Crippen LogP contribution in [0.1, 0.15) is 33.2 Å². The lowest BCUT2D eigenvalue weighted by Gasteiger charge is -2.51. The summed E-state index contributed by atoms with van der Waals surface area (Å²) in [6.45, 7) is 0.475. The molecule has 202 valence electrons. The first-order valence-corrected chi connectivity index (χ1v) is 13.6. The average Bonchev–Trinajstić information content (AvgIpc) is 3.12. The Kier molecular flexibility index (Phi) is 6.92. The van der Waals surface area contributed by atoms with Gasteiger partial charge in [0.05, 0.1) is 30.9 Å². The van der Waals surface area contributed by atoms with E-state index in [-0.39, 0.29) is 34.3 Å². The van der Waals surface area contributed by atoms with Crippen LogP contribution in [0.3, 0.4) is 0 Å². The highest BCUT2D eigenvalue weighted by Gasteiger charge is 2.46. The first-order chi connectivity index (χ1) is 19.0. The zero-order chi connectivity index (χ0) is 27.1. The molecule has 1 fully saturated rings. The Morgan fingerprint density at radius 1 is 1.18 bits per heavy atom. The molecular weight excluding hydrogens is 545 g/mol. The number of pyridine rings is 1. The zero-order valence-corrected chi connectivity index (χ0v) is 22.5.